The summed E-state index contributed by atoms with van der Waals surface area (Å²) in [5.41, 5.74) is 4.52. The van der Waals surface area contributed by atoms with E-state index in [1.54, 1.807) is 4.90 Å². The molecule has 2 aromatic carbocycles. The highest BCUT2D eigenvalue weighted by molar-refractivity contribution is 6.09. The molecule has 6 heteroatoms. The monoisotopic (exact) mass is 420 g/mol. The minimum absolute atomic E-state index is 0.0859. The summed E-state index contributed by atoms with van der Waals surface area (Å²) in [6.07, 6.45) is 0.577. The van der Waals surface area contributed by atoms with Crippen LogP contribution >= 0.6 is 0 Å². The van der Waals surface area contributed by atoms with Crippen LogP contribution in [0.4, 0.5) is 11.4 Å². The molecule has 2 fully saturated rings. The summed E-state index contributed by atoms with van der Waals surface area (Å²) in [5, 5.41) is 3.00. The number of benzene rings is 2. The number of anilines is 2. The molecule has 2 aliphatic heterocycles. The zero-order valence-corrected chi connectivity index (χ0v) is 18.5. The molecule has 0 spiro atoms. The Kier molecular flexibility index (Phi) is 6.56. The summed E-state index contributed by atoms with van der Waals surface area (Å²) in [6.45, 7) is 10.0. The number of hydrogen-bond acceptors (Lipinski definition) is 4. The maximum Gasteiger partial charge on any atom is 0.239 e. The van der Waals surface area contributed by atoms with Crippen LogP contribution in [0, 0.1) is 19.8 Å². The Balaban J connectivity index is 1.22. The number of amides is 2. The standard InChI is InChI=1S/C25H32N4O2/c1-19-8-9-22(18-20(19)2)29-12-10-23(25(29)31)24(30)26-11-13-27-14-16-28(17-15-27)21-6-4-3-5-7-21/h3-9,18,23H,10-17H2,1-2H3,(H,26,30). The number of piperazine rings is 1. The second-order valence-electron chi connectivity index (χ2n) is 8.55. The van der Waals surface area contributed by atoms with Crippen LogP contribution in [-0.4, -0.2) is 62.5 Å². The third-order valence-electron chi connectivity index (χ3n) is 6.55. The fraction of sp³-hybridized carbons (Fsp3) is 0.440. The number of rotatable bonds is 6. The molecule has 0 aromatic heterocycles. The van der Waals surface area contributed by atoms with Crippen molar-refractivity contribution >= 4 is 23.2 Å². The van der Waals surface area contributed by atoms with Gasteiger partial charge >= 0.3 is 0 Å². The van der Waals surface area contributed by atoms with Crippen LogP contribution in [-0.2, 0) is 9.59 Å². The minimum Gasteiger partial charge on any atom is -0.369 e. The smallest absolute Gasteiger partial charge is 0.239 e. The molecule has 2 aromatic rings. The molecule has 2 saturated heterocycles. The van der Waals surface area contributed by atoms with Crippen molar-refractivity contribution in [2.75, 3.05) is 55.6 Å². The van der Waals surface area contributed by atoms with E-state index in [2.05, 4.69) is 46.3 Å². The van der Waals surface area contributed by atoms with Crippen LogP contribution in [0.25, 0.3) is 0 Å². The molecule has 0 bridgehead atoms. The molecule has 1 atom stereocenters. The van der Waals surface area contributed by atoms with E-state index in [-0.39, 0.29) is 11.8 Å². The Hall–Kier alpha value is -2.86. The maximum atomic E-state index is 12.8. The molecule has 2 amide bonds. The molecule has 2 aliphatic rings. The molecule has 31 heavy (non-hydrogen) atoms. The summed E-state index contributed by atoms with van der Waals surface area (Å²) in [7, 11) is 0. The highest BCUT2D eigenvalue weighted by atomic mass is 16.2. The van der Waals surface area contributed by atoms with E-state index in [4.69, 9.17) is 0 Å². The fourth-order valence-electron chi connectivity index (χ4n) is 4.40. The first-order valence-corrected chi connectivity index (χ1v) is 11.2. The van der Waals surface area contributed by atoms with Gasteiger partial charge in [-0.2, -0.15) is 0 Å². The second-order valence-corrected chi connectivity index (χ2v) is 8.55. The summed E-state index contributed by atoms with van der Waals surface area (Å²) in [6, 6.07) is 16.5. The number of carbonyl (C=O) groups excluding carboxylic acids is 2. The molecule has 2 heterocycles. The highest BCUT2D eigenvalue weighted by Gasteiger charge is 2.37. The van der Waals surface area contributed by atoms with Gasteiger partial charge in [-0.15, -0.1) is 0 Å². The van der Waals surface area contributed by atoms with Crippen molar-refractivity contribution in [2.24, 2.45) is 5.92 Å². The minimum atomic E-state index is -0.573. The van der Waals surface area contributed by atoms with E-state index in [9.17, 15) is 9.59 Å². The van der Waals surface area contributed by atoms with Gasteiger partial charge < -0.3 is 15.1 Å². The van der Waals surface area contributed by atoms with E-state index in [1.165, 1.54) is 11.3 Å². The van der Waals surface area contributed by atoms with Crippen molar-refractivity contribution in [1.82, 2.24) is 10.2 Å². The lowest BCUT2D eigenvalue weighted by Crippen LogP contribution is -2.49. The number of hydrogen-bond donors (Lipinski definition) is 1. The van der Waals surface area contributed by atoms with Gasteiger partial charge in [-0.25, -0.2) is 0 Å². The van der Waals surface area contributed by atoms with Gasteiger partial charge in [0.1, 0.15) is 5.92 Å². The van der Waals surface area contributed by atoms with Gasteiger partial charge in [0.05, 0.1) is 0 Å². The topological polar surface area (TPSA) is 55.9 Å². The summed E-state index contributed by atoms with van der Waals surface area (Å²) >= 11 is 0. The second kappa shape index (κ2) is 9.52. The summed E-state index contributed by atoms with van der Waals surface area (Å²) in [5.74, 6) is -0.798. The van der Waals surface area contributed by atoms with Crippen LogP contribution < -0.4 is 15.1 Å². The van der Waals surface area contributed by atoms with Gasteiger partial charge in [0.15, 0.2) is 0 Å². The lowest BCUT2D eigenvalue weighted by Gasteiger charge is -2.36. The van der Waals surface area contributed by atoms with Crippen molar-refractivity contribution in [3.63, 3.8) is 0 Å². The zero-order chi connectivity index (χ0) is 21.8. The lowest BCUT2D eigenvalue weighted by molar-refractivity contribution is -0.132. The first-order chi connectivity index (χ1) is 15.0. The van der Waals surface area contributed by atoms with E-state index in [0.717, 1.165) is 44.0 Å². The van der Waals surface area contributed by atoms with Gasteiger partial charge in [0, 0.05) is 57.2 Å². The number of carbonyl (C=O) groups is 2. The van der Waals surface area contributed by atoms with Crippen LogP contribution in [0.1, 0.15) is 17.5 Å². The van der Waals surface area contributed by atoms with Crippen molar-refractivity contribution in [3.05, 3.63) is 59.7 Å². The predicted octanol–water partition coefficient (Wildman–Crippen LogP) is 2.59. The Morgan fingerprint density at radius 1 is 0.935 bits per heavy atom. The van der Waals surface area contributed by atoms with Gasteiger partial charge in [-0.05, 0) is 55.7 Å². The molecule has 164 valence electrons. The quantitative estimate of drug-likeness (QED) is 0.730. The van der Waals surface area contributed by atoms with Crippen molar-refractivity contribution < 1.29 is 9.59 Å². The third kappa shape index (κ3) is 4.90. The van der Waals surface area contributed by atoms with Gasteiger partial charge in [0.25, 0.3) is 0 Å². The number of para-hydroxylation sites is 1. The molecule has 0 saturated carbocycles. The highest BCUT2D eigenvalue weighted by Crippen LogP contribution is 2.27. The van der Waals surface area contributed by atoms with Crippen LogP contribution in [0.5, 0.6) is 0 Å². The first kappa shape index (κ1) is 21.4. The Morgan fingerprint density at radius 2 is 1.68 bits per heavy atom. The van der Waals surface area contributed by atoms with Crippen LogP contribution in [0.2, 0.25) is 0 Å². The van der Waals surface area contributed by atoms with E-state index < -0.39 is 5.92 Å². The molecule has 1 unspecified atom stereocenters. The first-order valence-electron chi connectivity index (χ1n) is 11.2. The lowest BCUT2D eigenvalue weighted by atomic mass is 10.1. The molecule has 1 N–H and O–H groups in total. The number of nitrogens with zero attached hydrogens (tertiary/aromatic N) is 3. The third-order valence-corrected chi connectivity index (χ3v) is 6.55. The summed E-state index contributed by atoms with van der Waals surface area (Å²) in [4.78, 5) is 32.0. The molecule has 0 radical (unpaired) electrons. The summed E-state index contributed by atoms with van der Waals surface area (Å²) < 4.78 is 0. The fourth-order valence-corrected chi connectivity index (χ4v) is 4.40. The van der Waals surface area contributed by atoms with Gasteiger partial charge in [-0.3, -0.25) is 14.5 Å². The average Bonchev–Trinajstić information content (AvgIpc) is 3.18. The van der Waals surface area contributed by atoms with E-state index in [0.29, 0.717) is 19.5 Å². The number of nitrogens with one attached hydrogen (secondary N) is 1. The Bertz CT molecular complexity index is 922. The van der Waals surface area contributed by atoms with Crippen molar-refractivity contribution in [2.45, 2.75) is 20.3 Å². The molecular weight excluding hydrogens is 388 g/mol. The molecule has 4 rings (SSSR count). The average molecular weight is 421 g/mol. The maximum absolute atomic E-state index is 12.8. The predicted molar refractivity (Wildman–Crippen MR) is 124 cm³/mol. The normalized spacial score (nSPS) is 19.7. The zero-order valence-electron chi connectivity index (χ0n) is 18.5. The molecule has 0 aliphatic carbocycles. The molecular formula is C25H32N4O2. The van der Waals surface area contributed by atoms with Gasteiger partial charge in [0.2, 0.25) is 11.8 Å². The molecule has 6 nitrogen and oxygen atoms in total. The van der Waals surface area contributed by atoms with Crippen molar-refractivity contribution in [3.8, 4) is 0 Å². The van der Waals surface area contributed by atoms with Gasteiger partial charge in [-0.1, -0.05) is 24.3 Å². The largest absolute Gasteiger partial charge is 0.369 e. The Morgan fingerprint density at radius 3 is 2.39 bits per heavy atom. The van der Waals surface area contributed by atoms with Crippen LogP contribution in [0.3, 0.4) is 0 Å². The van der Waals surface area contributed by atoms with Crippen molar-refractivity contribution in [1.29, 1.82) is 0 Å². The van der Waals surface area contributed by atoms with E-state index >= 15 is 0 Å². The van der Waals surface area contributed by atoms with Crippen LogP contribution in [0.15, 0.2) is 48.5 Å². The Labute approximate surface area is 184 Å². The SMILES string of the molecule is Cc1ccc(N2CCC(C(=O)NCCN3CCN(c4ccccc4)CC3)C2=O)cc1C. The van der Waals surface area contributed by atoms with E-state index in [1.807, 2.05) is 31.2 Å². The number of aryl methyl sites for hydroxylation is 2.